The van der Waals surface area contributed by atoms with Crippen molar-refractivity contribution in [3.05, 3.63) is 36.2 Å². The third-order valence-electron chi connectivity index (χ3n) is 5.29. The number of carbonyl (C=O) groups excluding carboxylic acids is 2. The highest BCUT2D eigenvalue weighted by atomic mass is 16.2. The summed E-state index contributed by atoms with van der Waals surface area (Å²) in [5.74, 6) is 0.452. The number of carbonyl (C=O) groups is 2. The first-order valence-corrected chi connectivity index (χ1v) is 9.14. The van der Waals surface area contributed by atoms with E-state index in [1.165, 1.54) is 11.0 Å². The van der Waals surface area contributed by atoms with Crippen LogP contribution in [0.5, 0.6) is 0 Å². The van der Waals surface area contributed by atoms with E-state index in [0.29, 0.717) is 31.7 Å². The molecule has 0 bridgehead atoms. The van der Waals surface area contributed by atoms with Crippen LogP contribution in [0.4, 0.5) is 0 Å². The fourth-order valence-electron chi connectivity index (χ4n) is 3.80. The summed E-state index contributed by atoms with van der Waals surface area (Å²) >= 11 is 0. The highest BCUT2D eigenvalue weighted by Gasteiger charge is 2.30. The average Bonchev–Trinajstić information content (AvgIpc) is 3.41. The van der Waals surface area contributed by atoms with Crippen LogP contribution >= 0.6 is 0 Å². The fraction of sp³-hybridized carbons (Fsp3) is 0.500. The van der Waals surface area contributed by atoms with Crippen molar-refractivity contribution in [1.29, 1.82) is 0 Å². The molecule has 2 aromatic rings. The molecule has 4 rings (SSSR count). The molecule has 0 radical (unpaired) electrons. The first-order chi connectivity index (χ1) is 12.7. The molecule has 1 aliphatic carbocycles. The van der Waals surface area contributed by atoms with Crippen molar-refractivity contribution in [2.45, 2.75) is 25.7 Å². The summed E-state index contributed by atoms with van der Waals surface area (Å²) in [7, 11) is 0. The number of hydrogen-bond acceptors (Lipinski definition) is 5. The molecule has 0 unspecified atom stereocenters. The zero-order valence-electron chi connectivity index (χ0n) is 14.6. The molecule has 26 heavy (non-hydrogen) atoms. The first kappa shape index (κ1) is 16.7. The summed E-state index contributed by atoms with van der Waals surface area (Å²) in [6.07, 6.45) is 5.85. The maximum absolute atomic E-state index is 12.8. The van der Waals surface area contributed by atoms with Crippen molar-refractivity contribution in [2.75, 3.05) is 26.2 Å². The predicted molar refractivity (Wildman–Crippen MR) is 93.6 cm³/mol. The van der Waals surface area contributed by atoms with Crippen LogP contribution < -0.4 is 0 Å². The third-order valence-corrected chi connectivity index (χ3v) is 5.29. The maximum Gasteiger partial charge on any atom is 0.254 e. The number of benzene rings is 1. The minimum absolute atomic E-state index is 0.0205. The number of tetrazole rings is 1. The summed E-state index contributed by atoms with van der Waals surface area (Å²) in [5, 5.41) is 11.1. The lowest BCUT2D eigenvalue weighted by atomic mass is 10.1. The molecule has 1 saturated carbocycles. The molecule has 1 saturated heterocycles. The molecule has 2 aliphatic rings. The molecule has 8 nitrogen and oxygen atoms in total. The van der Waals surface area contributed by atoms with Gasteiger partial charge in [0.05, 0.1) is 5.69 Å². The number of aromatic nitrogens is 4. The Balaban J connectivity index is 1.39. The molecule has 2 fully saturated rings. The molecular weight excluding hydrogens is 332 g/mol. The topological polar surface area (TPSA) is 84.2 Å². The van der Waals surface area contributed by atoms with E-state index in [9.17, 15) is 9.59 Å². The van der Waals surface area contributed by atoms with E-state index >= 15 is 0 Å². The third kappa shape index (κ3) is 3.31. The number of amides is 2. The van der Waals surface area contributed by atoms with Gasteiger partial charge in [-0.05, 0) is 41.5 Å². The molecule has 1 aliphatic heterocycles. The van der Waals surface area contributed by atoms with Gasteiger partial charge in [-0.3, -0.25) is 9.59 Å². The molecule has 1 aromatic carbocycles. The van der Waals surface area contributed by atoms with E-state index in [4.69, 9.17) is 0 Å². The lowest BCUT2D eigenvalue weighted by molar-refractivity contribution is -0.136. The second kappa shape index (κ2) is 7.23. The van der Waals surface area contributed by atoms with Gasteiger partial charge in [0.25, 0.3) is 5.91 Å². The van der Waals surface area contributed by atoms with Gasteiger partial charge in [0, 0.05) is 37.7 Å². The molecule has 136 valence electrons. The minimum atomic E-state index is -0.0205. The maximum atomic E-state index is 12.8. The van der Waals surface area contributed by atoms with Gasteiger partial charge in [0.1, 0.15) is 6.33 Å². The van der Waals surface area contributed by atoms with E-state index in [-0.39, 0.29) is 17.7 Å². The van der Waals surface area contributed by atoms with Gasteiger partial charge < -0.3 is 9.80 Å². The van der Waals surface area contributed by atoms with Crippen molar-refractivity contribution in [3.63, 3.8) is 0 Å². The quantitative estimate of drug-likeness (QED) is 0.825. The van der Waals surface area contributed by atoms with Crippen LogP contribution in [0.2, 0.25) is 0 Å². The van der Waals surface area contributed by atoms with Crippen LogP contribution in [-0.4, -0.2) is 68.0 Å². The Morgan fingerprint density at radius 3 is 2.42 bits per heavy atom. The van der Waals surface area contributed by atoms with Crippen molar-refractivity contribution in [1.82, 2.24) is 30.0 Å². The summed E-state index contributed by atoms with van der Waals surface area (Å²) in [4.78, 5) is 29.1. The lowest BCUT2D eigenvalue weighted by Crippen LogP contribution is -2.51. The lowest BCUT2D eigenvalue weighted by Gasteiger charge is -2.36. The van der Waals surface area contributed by atoms with Crippen LogP contribution in [0, 0.1) is 5.92 Å². The Kier molecular flexibility index (Phi) is 4.64. The summed E-state index contributed by atoms with van der Waals surface area (Å²) in [6, 6.07) is 7.26. The zero-order chi connectivity index (χ0) is 17.9. The monoisotopic (exact) mass is 354 g/mol. The van der Waals surface area contributed by atoms with Gasteiger partial charge in [0.2, 0.25) is 5.91 Å². The molecule has 2 heterocycles. The highest BCUT2D eigenvalue weighted by molar-refractivity contribution is 5.95. The van der Waals surface area contributed by atoms with Crippen molar-refractivity contribution in [2.24, 2.45) is 5.92 Å². The number of nitrogens with zero attached hydrogens (tertiary/aromatic N) is 6. The second-order valence-corrected chi connectivity index (χ2v) is 6.90. The Morgan fingerprint density at radius 1 is 1.00 bits per heavy atom. The highest BCUT2D eigenvalue weighted by Crippen LogP contribution is 2.27. The van der Waals surface area contributed by atoms with Gasteiger partial charge in [-0.1, -0.05) is 18.9 Å². The van der Waals surface area contributed by atoms with Crippen LogP contribution in [0.1, 0.15) is 36.0 Å². The second-order valence-electron chi connectivity index (χ2n) is 6.90. The number of hydrogen-bond donors (Lipinski definition) is 0. The van der Waals surface area contributed by atoms with E-state index in [1.54, 1.807) is 12.1 Å². The summed E-state index contributed by atoms with van der Waals surface area (Å²) in [5.41, 5.74) is 1.35. The normalized spacial score (nSPS) is 18.3. The largest absolute Gasteiger partial charge is 0.339 e. The predicted octanol–water partition coefficient (Wildman–Crippen LogP) is 1.14. The van der Waals surface area contributed by atoms with E-state index in [0.717, 1.165) is 31.4 Å². The molecule has 1 aromatic heterocycles. The first-order valence-electron chi connectivity index (χ1n) is 9.14. The smallest absolute Gasteiger partial charge is 0.254 e. The Bertz CT molecular complexity index is 777. The van der Waals surface area contributed by atoms with E-state index in [2.05, 4.69) is 15.5 Å². The van der Waals surface area contributed by atoms with Crippen LogP contribution in [0.25, 0.3) is 5.69 Å². The van der Waals surface area contributed by atoms with Gasteiger partial charge in [-0.25, -0.2) is 4.68 Å². The fourth-order valence-corrected chi connectivity index (χ4v) is 3.80. The molecule has 0 spiro atoms. The van der Waals surface area contributed by atoms with Crippen LogP contribution in [0.15, 0.2) is 30.6 Å². The van der Waals surface area contributed by atoms with Crippen molar-refractivity contribution < 1.29 is 9.59 Å². The standard InChI is InChI=1S/C18H22N6O2/c25-17(14-4-1-2-5-14)22-8-10-23(11-9-22)18(26)15-6-3-7-16(12-15)24-13-19-20-21-24/h3,6-7,12-14H,1-2,4-5,8-11H2. The molecule has 0 atom stereocenters. The SMILES string of the molecule is O=C(c1cccc(-n2cnnn2)c1)N1CCN(C(=O)C2CCCC2)CC1. The summed E-state index contributed by atoms with van der Waals surface area (Å²) < 4.78 is 1.52. The summed E-state index contributed by atoms with van der Waals surface area (Å²) in [6.45, 7) is 2.39. The average molecular weight is 354 g/mol. The van der Waals surface area contributed by atoms with E-state index in [1.807, 2.05) is 21.9 Å². The Morgan fingerprint density at radius 2 is 1.73 bits per heavy atom. The molecule has 0 N–H and O–H groups in total. The Labute approximate surface area is 151 Å². The van der Waals surface area contributed by atoms with Crippen molar-refractivity contribution >= 4 is 11.8 Å². The van der Waals surface area contributed by atoms with Crippen LogP contribution in [-0.2, 0) is 4.79 Å². The van der Waals surface area contributed by atoms with Gasteiger partial charge >= 0.3 is 0 Å². The Hall–Kier alpha value is -2.77. The molecule has 8 heteroatoms. The minimum Gasteiger partial charge on any atom is -0.339 e. The number of rotatable bonds is 3. The zero-order valence-corrected chi connectivity index (χ0v) is 14.6. The molecule has 2 amide bonds. The number of piperazine rings is 1. The van der Waals surface area contributed by atoms with Gasteiger partial charge in [0.15, 0.2) is 0 Å². The van der Waals surface area contributed by atoms with Crippen molar-refractivity contribution in [3.8, 4) is 5.69 Å². The molecular formula is C18H22N6O2. The van der Waals surface area contributed by atoms with Gasteiger partial charge in [-0.15, -0.1) is 5.10 Å². The van der Waals surface area contributed by atoms with Gasteiger partial charge in [-0.2, -0.15) is 0 Å². The van der Waals surface area contributed by atoms with Crippen LogP contribution in [0.3, 0.4) is 0 Å². The van der Waals surface area contributed by atoms with E-state index < -0.39 is 0 Å².